The third-order valence-corrected chi connectivity index (χ3v) is 2.79. The minimum Gasteiger partial charge on any atom is -0.489 e. The van der Waals surface area contributed by atoms with E-state index in [2.05, 4.69) is 0 Å². The van der Waals surface area contributed by atoms with Gasteiger partial charge in [-0.15, -0.1) is 0 Å². The maximum absolute atomic E-state index is 12.7. The van der Waals surface area contributed by atoms with Crippen LogP contribution >= 0.6 is 0 Å². The number of rotatable bonds is 2. The topological polar surface area (TPSA) is 66.8 Å². The first kappa shape index (κ1) is 14.2. The molecule has 1 aromatic carbocycles. The molecule has 0 radical (unpaired) electrons. The van der Waals surface area contributed by atoms with E-state index in [1.165, 1.54) is 18.2 Å². The van der Waals surface area contributed by atoms with Crippen molar-refractivity contribution < 1.29 is 32.6 Å². The Morgan fingerprint density at radius 1 is 1.35 bits per heavy atom. The molecule has 1 aromatic rings. The van der Waals surface area contributed by atoms with Crippen molar-refractivity contribution in [2.45, 2.75) is 18.6 Å². The van der Waals surface area contributed by atoms with E-state index in [0.717, 1.165) is 0 Å². The first-order chi connectivity index (χ1) is 9.30. The minimum absolute atomic E-state index is 0.0766. The van der Waals surface area contributed by atoms with E-state index in [-0.39, 0.29) is 18.0 Å². The summed E-state index contributed by atoms with van der Waals surface area (Å²) in [5.41, 5.74) is -0.0766. The Morgan fingerprint density at radius 2 is 2.00 bits per heavy atom. The van der Waals surface area contributed by atoms with Gasteiger partial charge in [0.1, 0.15) is 12.4 Å². The molecule has 0 aliphatic carbocycles. The summed E-state index contributed by atoms with van der Waals surface area (Å²) >= 11 is 0. The zero-order valence-corrected chi connectivity index (χ0v) is 10.1. The normalized spacial score (nSPS) is 18.1. The molecule has 0 bridgehead atoms. The Bertz CT molecular complexity index is 544. The summed E-state index contributed by atoms with van der Waals surface area (Å²) < 4.78 is 43.2. The molecule has 1 heterocycles. The van der Waals surface area contributed by atoms with Crippen LogP contribution in [0.5, 0.6) is 5.75 Å². The molecule has 0 saturated carbocycles. The number of fused-ring (bicyclic) bond motifs is 1. The average Bonchev–Trinajstić information content (AvgIpc) is 2.36. The number of ether oxygens (including phenoxy) is 1. The Balaban J connectivity index is 2.43. The molecule has 1 atom stereocenters. The van der Waals surface area contributed by atoms with Gasteiger partial charge >= 0.3 is 18.1 Å². The van der Waals surface area contributed by atoms with E-state index >= 15 is 0 Å². The number of halogens is 3. The van der Waals surface area contributed by atoms with Crippen LogP contribution in [0.15, 0.2) is 24.3 Å². The summed E-state index contributed by atoms with van der Waals surface area (Å²) in [7, 11) is 0. The molecule has 0 fully saturated rings. The van der Waals surface area contributed by atoms with Crippen molar-refractivity contribution in [1.82, 2.24) is 0 Å². The molecular weight excluding hydrogens is 279 g/mol. The number of hydrogen-bond acceptors (Lipinski definition) is 3. The van der Waals surface area contributed by atoms with Crippen LogP contribution in [0, 0.1) is 0 Å². The molecule has 1 aliphatic rings. The van der Waals surface area contributed by atoms with Crippen LogP contribution in [0.1, 0.15) is 6.42 Å². The SMILES string of the molecule is O=C(O)CC1COc2ccccc2N1C(=O)C(F)(F)F. The van der Waals surface area contributed by atoms with Gasteiger partial charge in [-0.3, -0.25) is 14.5 Å². The molecule has 5 nitrogen and oxygen atoms in total. The first-order valence-electron chi connectivity index (χ1n) is 5.64. The van der Waals surface area contributed by atoms with Gasteiger partial charge in [0.2, 0.25) is 0 Å². The molecule has 0 spiro atoms. The Morgan fingerprint density at radius 3 is 2.60 bits per heavy atom. The van der Waals surface area contributed by atoms with E-state index < -0.39 is 30.5 Å². The van der Waals surface area contributed by atoms with Gasteiger partial charge in [0.05, 0.1) is 18.2 Å². The number of carboxylic acids is 1. The van der Waals surface area contributed by atoms with E-state index in [4.69, 9.17) is 9.84 Å². The van der Waals surface area contributed by atoms with Crippen molar-refractivity contribution in [2.75, 3.05) is 11.5 Å². The van der Waals surface area contributed by atoms with Crippen molar-refractivity contribution >= 4 is 17.6 Å². The van der Waals surface area contributed by atoms with Crippen LogP contribution in [0.4, 0.5) is 18.9 Å². The van der Waals surface area contributed by atoms with Gasteiger partial charge in [-0.2, -0.15) is 13.2 Å². The second-order valence-corrected chi connectivity index (χ2v) is 4.20. The second-order valence-electron chi connectivity index (χ2n) is 4.20. The van der Waals surface area contributed by atoms with Gasteiger partial charge in [-0.25, -0.2) is 0 Å². The highest BCUT2D eigenvalue weighted by molar-refractivity contribution is 6.00. The van der Waals surface area contributed by atoms with Crippen LogP contribution in [-0.2, 0) is 9.59 Å². The summed E-state index contributed by atoms with van der Waals surface area (Å²) in [6.07, 6.45) is -5.71. The maximum atomic E-state index is 12.7. The van der Waals surface area contributed by atoms with Gasteiger partial charge in [0.15, 0.2) is 0 Å². The fourth-order valence-electron chi connectivity index (χ4n) is 2.00. The van der Waals surface area contributed by atoms with Crippen LogP contribution in [0.25, 0.3) is 0 Å². The summed E-state index contributed by atoms with van der Waals surface area (Å²) in [6.45, 7) is -0.300. The second kappa shape index (κ2) is 5.03. The zero-order chi connectivity index (χ0) is 14.9. The lowest BCUT2D eigenvalue weighted by molar-refractivity contribution is -0.171. The molecule has 0 saturated heterocycles. The van der Waals surface area contributed by atoms with E-state index in [1.54, 1.807) is 6.07 Å². The van der Waals surface area contributed by atoms with Crippen molar-refractivity contribution in [3.8, 4) is 5.75 Å². The van der Waals surface area contributed by atoms with E-state index in [9.17, 15) is 22.8 Å². The van der Waals surface area contributed by atoms with Gasteiger partial charge < -0.3 is 9.84 Å². The predicted octanol–water partition coefficient (Wildman–Crippen LogP) is 1.82. The lowest BCUT2D eigenvalue weighted by Crippen LogP contribution is -2.52. The van der Waals surface area contributed by atoms with Crippen molar-refractivity contribution in [3.05, 3.63) is 24.3 Å². The molecule has 1 aliphatic heterocycles. The summed E-state index contributed by atoms with van der Waals surface area (Å²) in [6, 6.07) is 4.50. The Hall–Kier alpha value is -2.25. The highest BCUT2D eigenvalue weighted by Gasteiger charge is 2.47. The number of nitrogens with zero attached hydrogens (tertiary/aromatic N) is 1. The van der Waals surface area contributed by atoms with Crippen molar-refractivity contribution in [1.29, 1.82) is 0 Å². The van der Waals surface area contributed by atoms with E-state index in [0.29, 0.717) is 4.90 Å². The van der Waals surface area contributed by atoms with E-state index in [1.807, 2.05) is 0 Å². The van der Waals surface area contributed by atoms with Crippen LogP contribution in [0.2, 0.25) is 0 Å². The standard InChI is InChI=1S/C12H10F3NO4/c13-12(14,15)11(19)16-7(5-10(17)18)6-20-9-4-2-1-3-8(9)16/h1-4,7H,5-6H2,(H,17,18). The molecule has 1 amide bonds. The maximum Gasteiger partial charge on any atom is 0.471 e. The van der Waals surface area contributed by atoms with Gasteiger partial charge in [-0.1, -0.05) is 12.1 Å². The van der Waals surface area contributed by atoms with Crippen LogP contribution in [-0.4, -0.2) is 35.8 Å². The number of anilines is 1. The highest BCUT2D eigenvalue weighted by atomic mass is 19.4. The number of carbonyl (C=O) groups is 2. The van der Waals surface area contributed by atoms with Crippen molar-refractivity contribution in [2.24, 2.45) is 0 Å². The predicted molar refractivity (Wildman–Crippen MR) is 61.5 cm³/mol. The van der Waals surface area contributed by atoms with Gasteiger partial charge in [0.25, 0.3) is 0 Å². The quantitative estimate of drug-likeness (QED) is 0.901. The molecular formula is C12H10F3NO4. The third kappa shape index (κ3) is 2.68. The molecule has 0 aromatic heterocycles. The molecule has 1 unspecified atom stereocenters. The number of amides is 1. The molecule has 108 valence electrons. The fourth-order valence-corrected chi connectivity index (χ4v) is 2.00. The Kier molecular flexibility index (Phi) is 3.56. The van der Waals surface area contributed by atoms with Crippen LogP contribution in [0.3, 0.4) is 0 Å². The van der Waals surface area contributed by atoms with Gasteiger partial charge in [0, 0.05) is 0 Å². The number of alkyl halides is 3. The summed E-state index contributed by atoms with van der Waals surface area (Å²) in [5, 5.41) is 8.74. The third-order valence-electron chi connectivity index (χ3n) is 2.79. The average molecular weight is 289 g/mol. The number of hydrogen-bond donors (Lipinski definition) is 1. The zero-order valence-electron chi connectivity index (χ0n) is 10.1. The lowest BCUT2D eigenvalue weighted by atomic mass is 10.1. The molecule has 1 N–H and O–H groups in total. The monoisotopic (exact) mass is 289 g/mol. The smallest absolute Gasteiger partial charge is 0.471 e. The van der Waals surface area contributed by atoms with Crippen molar-refractivity contribution in [3.63, 3.8) is 0 Å². The fraction of sp³-hybridized carbons (Fsp3) is 0.333. The molecule has 8 heteroatoms. The minimum atomic E-state index is -5.08. The number of aliphatic carboxylic acids is 1. The number of benzene rings is 1. The first-order valence-corrected chi connectivity index (χ1v) is 5.64. The summed E-state index contributed by atoms with van der Waals surface area (Å²) in [4.78, 5) is 22.7. The number of carboxylic acid groups (broad SMARTS) is 1. The lowest BCUT2D eigenvalue weighted by Gasteiger charge is -2.36. The number of para-hydroxylation sites is 2. The molecule has 20 heavy (non-hydrogen) atoms. The number of carbonyl (C=O) groups excluding carboxylic acids is 1. The largest absolute Gasteiger partial charge is 0.489 e. The van der Waals surface area contributed by atoms with Crippen LogP contribution < -0.4 is 9.64 Å². The summed E-state index contributed by atoms with van der Waals surface area (Å²) in [5.74, 6) is -3.29. The molecule has 2 rings (SSSR count). The Labute approximate surface area is 111 Å². The highest BCUT2D eigenvalue weighted by Crippen LogP contribution is 2.37. The van der Waals surface area contributed by atoms with Gasteiger partial charge in [-0.05, 0) is 12.1 Å².